The molecule has 2 aliphatic heterocycles. The summed E-state index contributed by atoms with van der Waals surface area (Å²) in [6.45, 7) is 1.73. The van der Waals surface area contributed by atoms with E-state index in [4.69, 9.17) is 10.3 Å². The molecule has 0 bridgehead atoms. The minimum atomic E-state index is -0.956. The maximum Gasteiger partial charge on any atom is 0.277 e. The summed E-state index contributed by atoms with van der Waals surface area (Å²) in [6, 6.07) is -0.956. The summed E-state index contributed by atoms with van der Waals surface area (Å²) in [5.41, 5.74) is 8.25. The average Bonchev–Trinajstić information content (AvgIpc) is 2.88. The number of hydrogen-bond acceptors (Lipinski definition) is 7. The van der Waals surface area contributed by atoms with Gasteiger partial charge in [-0.25, -0.2) is 0 Å². The van der Waals surface area contributed by atoms with Crippen molar-refractivity contribution in [3.63, 3.8) is 0 Å². The molecule has 0 aliphatic carbocycles. The molecule has 2 rings (SSSR count). The van der Waals surface area contributed by atoms with Gasteiger partial charge in [-0.2, -0.15) is 0 Å². The maximum absolute atomic E-state index is 12.3. The van der Waals surface area contributed by atoms with Crippen LogP contribution in [0.15, 0.2) is 16.9 Å². The highest BCUT2D eigenvalue weighted by molar-refractivity contribution is 6.18. The Morgan fingerprint density at radius 2 is 2.08 bits per heavy atom. The number of carbonyl (C=O) groups is 4. The highest BCUT2D eigenvalue weighted by Crippen LogP contribution is 2.19. The molecule has 0 aromatic heterocycles. The van der Waals surface area contributed by atoms with Crippen LogP contribution in [-0.2, 0) is 23.9 Å². The van der Waals surface area contributed by atoms with Crippen molar-refractivity contribution in [1.82, 2.24) is 15.5 Å². The Balaban J connectivity index is 1.71. The molecule has 0 spiro atoms. The number of ether oxygens (including phenoxy) is 1. The zero-order chi connectivity index (χ0) is 18.9. The molecule has 0 aromatic rings. The molecule has 0 saturated carbocycles. The van der Waals surface area contributed by atoms with Crippen LogP contribution in [0, 0.1) is 0 Å². The van der Waals surface area contributed by atoms with Gasteiger partial charge in [-0.05, 0) is 24.8 Å². The first-order valence-electron chi connectivity index (χ1n) is 8.30. The second kappa shape index (κ2) is 9.54. The predicted molar refractivity (Wildman–Crippen MR) is 88.2 cm³/mol. The summed E-state index contributed by atoms with van der Waals surface area (Å²) >= 11 is 0. The second-order valence-electron chi connectivity index (χ2n) is 5.74. The SMILES string of the molecule is [N-]=[N+]=NCCCOCCCNC1=CC(=O)N(C2CCC(=O)NC2=O)C1=O. The van der Waals surface area contributed by atoms with E-state index in [1.165, 1.54) is 0 Å². The fourth-order valence-corrected chi connectivity index (χ4v) is 2.62. The van der Waals surface area contributed by atoms with Crippen molar-refractivity contribution in [3.05, 3.63) is 22.2 Å². The average molecular weight is 364 g/mol. The fraction of sp³-hybridized carbons (Fsp3) is 0.600. The topological polar surface area (TPSA) is 154 Å². The lowest BCUT2D eigenvalue weighted by Gasteiger charge is -2.28. The number of hydrogen-bond donors (Lipinski definition) is 2. The fourth-order valence-electron chi connectivity index (χ4n) is 2.62. The molecule has 2 aliphatic rings. The van der Waals surface area contributed by atoms with Crippen LogP contribution in [0.4, 0.5) is 0 Å². The van der Waals surface area contributed by atoms with Gasteiger partial charge in [0.1, 0.15) is 11.7 Å². The van der Waals surface area contributed by atoms with Crippen molar-refractivity contribution in [2.75, 3.05) is 26.3 Å². The van der Waals surface area contributed by atoms with E-state index in [0.717, 1.165) is 11.0 Å². The molecule has 11 nitrogen and oxygen atoms in total. The van der Waals surface area contributed by atoms with E-state index in [-0.39, 0.29) is 18.5 Å². The van der Waals surface area contributed by atoms with E-state index in [1.54, 1.807) is 0 Å². The Morgan fingerprint density at radius 3 is 2.81 bits per heavy atom. The molecule has 1 saturated heterocycles. The van der Waals surface area contributed by atoms with E-state index in [0.29, 0.717) is 39.1 Å². The zero-order valence-electron chi connectivity index (χ0n) is 14.1. The summed E-state index contributed by atoms with van der Waals surface area (Å²) in [5, 5.41) is 8.39. The molecule has 4 amide bonds. The van der Waals surface area contributed by atoms with E-state index in [9.17, 15) is 19.2 Å². The lowest BCUT2D eigenvalue weighted by Crippen LogP contribution is -2.54. The normalized spacial score (nSPS) is 19.9. The number of carbonyl (C=O) groups excluding carboxylic acids is 4. The Hall–Kier alpha value is -2.91. The van der Waals surface area contributed by atoms with Crippen LogP contribution >= 0.6 is 0 Å². The number of imide groups is 2. The molecule has 0 aromatic carbocycles. The molecule has 0 radical (unpaired) electrons. The molecule has 2 heterocycles. The van der Waals surface area contributed by atoms with Gasteiger partial charge in [0, 0.05) is 43.7 Å². The Kier molecular flexibility index (Phi) is 7.12. The minimum absolute atomic E-state index is 0.0905. The quantitative estimate of drug-likeness (QED) is 0.179. The van der Waals surface area contributed by atoms with Crippen molar-refractivity contribution >= 4 is 23.6 Å². The number of piperidine rings is 1. The maximum atomic E-state index is 12.3. The lowest BCUT2D eigenvalue weighted by molar-refractivity contribution is -0.149. The first-order chi connectivity index (χ1) is 12.5. The van der Waals surface area contributed by atoms with Gasteiger partial charge in [0.25, 0.3) is 11.8 Å². The van der Waals surface area contributed by atoms with Gasteiger partial charge < -0.3 is 10.1 Å². The largest absolute Gasteiger partial charge is 0.381 e. The van der Waals surface area contributed by atoms with E-state index in [1.807, 2.05) is 0 Å². The third-order valence-corrected chi connectivity index (χ3v) is 3.87. The van der Waals surface area contributed by atoms with Crippen molar-refractivity contribution in [3.8, 4) is 0 Å². The summed E-state index contributed by atoms with van der Waals surface area (Å²) in [5.74, 6) is -2.18. The van der Waals surface area contributed by atoms with E-state index >= 15 is 0 Å². The Morgan fingerprint density at radius 1 is 1.31 bits per heavy atom. The molecular weight excluding hydrogens is 344 g/mol. The van der Waals surface area contributed by atoms with Gasteiger partial charge in [-0.1, -0.05) is 5.11 Å². The van der Waals surface area contributed by atoms with Gasteiger partial charge >= 0.3 is 0 Å². The molecule has 1 fully saturated rings. The lowest BCUT2D eigenvalue weighted by atomic mass is 10.0. The van der Waals surface area contributed by atoms with Gasteiger partial charge in [0.2, 0.25) is 11.8 Å². The van der Waals surface area contributed by atoms with Gasteiger partial charge in [0.15, 0.2) is 0 Å². The predicted octanol–water partition coefficient (Wildman–Crippen LogP) is -0.259. The van der Waals surface area contributed by atoms with Crippen LogP contribution in [0.2, 0.25) is 0 Å². The monoisotopic (exact) mass is 364 g/mol. The summed E-state index contributed by atoms with van der Waals surface area (Å²) in [7, 11) is 0. The second-order valence-corrected chi connectivity index (χ2v) is 5.74. The molecule has 140 valence electrons. The molecule has 2 N–H and O–H groups in total. The first-order valence-corrected chi connectivity index (χ1v) is 8.30. The van der Waals surface area contributed by atoms with Crippen molar-refractivity contribution in [2.24, 2.45) is 5.11 Å². The number of nitrogens with one attached hydrogen (secondary N) is 2. The van der Waals surface area contributed by atoms with Gasteiger partial charge in [0.05, 0.1) is 0 Å². The minimum Gasteiger partial charge on any atom is -0.381 e. The van der Waals surface area contributed by atoms with Crippen LogP contribution in [-0.4, -0.2) is 60.9 Å². The smallest absolute Gasteiger partial charge is 0.277 e. The van der Waals surface area contributed by atoms with Crippen LogP contribution in [0.3, 0.4) is 0 Å². The van der Waals surface area contributed by atoms with E-state index < -0.39 is 29.7 Å². The highest BCUT2D eigenvalue weighted by atomic mass is 16.5. The molecular formula is C15H20N6O5. The van der Waals surface area contributed by atoms with Crippen molar-refractivity contribution in [2.45, 2.75) is 31.7 Å². The standard InChI is InChI=1S/C15H20N6O5/c16-20-18-6-2-8-26-7-1-5-17-10-9-13(23)21(15(10)25)11-3-4-12(22)19-14(11)24/h9,11,17H,1-8H2,(H,19,22,24). The van der Waals surface area contributed by atoms with Crippen molar-refractivity contribution < 1.29 is 23.9 Å². The van der Waals surface area contributed by atoms with Crippen LogP contribution in [0.25, 0.3) is 10.4 Å². The van der Waals surface area contributed by atoms with E-state index in [2.05, 4.69) is 20.7 Å². The van der Waals surface area contributed by atoms with Crippen LogP contribution in [0.5, 0.6) is 0 Å². The third kappa shape index (κ3) is 5.04. The molecule has 1 unspecified atom stereocenters. The van der Waals surface area contributed by atoms with Crippen LogP contribution in [0.1, 0.15) is 25.7 Å². The highest BCUT2D eigenvalue weighted by Gasteiger charge is 2.42. The molecule has 11 heteroatoms. The summed E-state index contributed by atoms with van der Waals surface area (Å²) in [4.78, 5) is 51.0. The zero-order valence-corrected chi connectivity index (χ0v) is 14.1. The Bertz CT molecular complexity index is 669. The number of amides is 4. The molecule has 26 heavy (non-hydrogen) atoms. The number of nitrogens with zero attached hydrogens (tertiary/aromatic N) is 4. The number of rotatable bonds is 10. The third-order valence-electron chi connectivity index (χ3n) is 3.87. The van der Waals surface area contributed by atoms with Gasteiger partial charge in [-0.3, -0.25) is 29.4 Å². The number of azide groups is 1. The van der Waals surface area contributed by atoms with Crippen LogP contribution < -0.4 is 10.6 Å². The first kappa shape index (κ1) is 19.4. The Labute approximate surface area is 149 Å². The molecule has 1 atom stereocenters. The van der Waals surface area contributed by atoms with Gasteiger partial charge in [-0.15, -0.1) is 0 Å². The van der Waals surface area contributed by atoms with Crippen molar-refractivity contribution in [1.29, 1.82) is 0 Å². The summed E-state index contributed by atoms with van der Waals surface area (Å²) < 4.78 is 5.34. The summed E-state index contributed by atoms with van der Waals surface area (Å²) in [6.07, 6.45) is 2.63.